The normalized spacial score (nSPS) is 19.5. The van der Waals surface area contributed by atoms with Crippen LogP contribution in [0.5, 0.6) is 5.75 Å². The highest BCUT2D eigenvalue weighted by Crippen LogP contribution is 2.39. The van der Waals surface area contributed by atoms with E-state index in [9.17, 15) is 9.18 Å². The first-order valence-corrected chi connectivity index (χ1v) is 10.7. The molecule has 0 unspecified atom stereocenters. The zero-order valence-corrected chi connectivity index (χ0v) is 18.1. The van der Waals surface area contributed by atoms with Crippen molar-refractivity contribution < 1.29 is 19.0 Å². The summed E-state index contributed by atoms with van der Waals surface area (Å²) in [7, 11) is 0. The van der Waals surface area contributed by atoms with E-state index in [2.05, 4.69) is 26.1 Å². The van der Waals surface area contributed by atoms with Gasteiger partial charge in [-0.15, -0.1) is 0 Å². The van der Waals surface area contributed by atoms with E-state index in [0.717, 1.165) is 30.1 Å². The van der Waals surface area contributed by atoms with E-state index in [1.165, 1.54) is 12.8 Å². The predicted octanol–water partition coefficient (Wildman–Crippen LogP) is 5.65. The van der Waals surface area contributed by atoms with E-state index in [1.54, 1.807) is 18.2 Å². The van der Waals surface area contributed by atoms with Gasteiger partial charge in [0.1, 0.15) is 11.6 Å². The maximum atomic E-state index is 14.9. The van der Waals surface area contributed by atoms with E-state index < -0.39 is 5.97 Å². The Bertz CT molecular complexity index is 850. The molecule has 0 aromatic heterocycles. The van der Waals surface area contributed by atoms with Crippen LogP contribution in [-0.2, 0) is 11.3 Å². The lowest BCUT2D eigenvalue weighted by Gasteiger charge is -2.36. The van der Waals surface area contributed by atoms with Crippen LogP contribution in [0.25, 0.3) is 11.1 Å². The Morgan fingerprint density at radius 1 is 1.10 bits per heavy atom. The van der Waals surface area contributed by atoms with Crippen LogP contribution in [-0.4, -0.2) is 23.7 Å². The molecule has 1 aliphatic carbocycles. The van der Waals surface area contributed by atoms with E-state index in [-0.39, 0.29) is 25.0 Å². The molecule has 1 fully saturated rings. The second-order valence-corrected chi connectivity index (χ2v) is 9.26. The molecule has 2 aromatic rings. The average molecular weight is 414 g/mol. The second kappa shape index (κ2) is 9.61. The summed E-state index contributed by atoms with van der Waals surface area (Å²) in [6.45, 7) is 6.91. The van der Waals surface area contributed by atoms with Crippen molar-refractivity contribution in [3.8, 4) is 16.9 Å². The largest absolute Gasteiger partial charge is 0.490 e. The number of benzene rings is 2. The summed E-state index contributed by atoms with van der Waals surface area (Å²) >= 11 is 0. The summed E-state index contributed by atoms with van der Waals surface area (Å²) < 4.78 is 21.0. The summed E-state index contributed by atoms with van der Waals surface area (Å²) in [4.78, 5) is 10.6. The van der Waals surface area contributed by atoms with Crippen LogP contribution in [0.1, 0.15) is 52.0 Å². The van der Waals surface area contributed by atoms with E-state index in [0.29, 0.717) is 16.5 Å². The van der Waals surface area contributed by atoms with E-state index in [4.69, 9.17) is 9.84 Å². The van der Waals surface area contributed by atoms with Crippen LogP contribution in [0.3, 0.4) is 0 Å². The molecular weight excluding hydrogens is 381 g/mol. The summed E-state index contributed by atoms with van der Waals surface area (Å²) in [5.74, 6) is 0.274. The van der Waals surface area contributed by atoms with Crippen molar-refractivity contribution in [2.24, 2.45) is 11.3 Å². The summed E-state index contributed by atoms with van der Waals surface area (Å²) in [6.07, 6.45) is 4.78. The van der Waals surface area contributed by atoms with Gasteiger partial charge >= 0.3 is 5.97 Å². The van der Waals surface area contributed by atoms with Gasteiger partial charge in [0.2, 0.25) is 0 Å². The van der Waals surface area contributed by atoms with Crippen molar-refractivity contribution in [2.45, 2.75) is 59.1 Å². The van der Waals surface area contributed by atoms with Gasteiger partial charge in [-0.1, -0.05) is 51.1 Å². The van der Waals surface area contributed by atoms with Crippen LogP contribution in [0.4, 0.5) is 4.39 Å². The molecule has 0 heterocycles. The molecule has 2 aromatic carbocycles. The molecule has 0 amide bonds. The third-order valence-electron chi connectivity index (χ3n) is 6.04. The molecule has 3 rings (SSSR count). The van der Waals surface area contributed by atoms with Crippen molar-refractivity contribution >= 4 is 5.97 Å². The Labute approximate surface area is 178 Å². The Balaban J connectivity index is 1.61. The lowest BCUT2D eigenvalue weighted by atomic mass is 9.72. The minimum Gasteiger partial charge on any atom is -0.490 e. The van der Waals surface area contributed by atoms with Gasteiger partial charge < -0.3 is 15.2 Å². The standard InChI is InChI=1S/C25H32FNO3/c1-25(2,3)19-9-13-21(14-10-19)30-20-11-7-17(8-12-20)22-6-4-5-18(24(22)26)15-27-16-23(28)29/h4-8,11-12,19,21,27H,9-10,13-16H2,1-3H3,(H,28,29). The fraction of sp³-hybridized carbons (Fsp3) is 0.480. The lowest BCUT2D eigenvalue weighted by molar-refractivity contribution is -0.136. The summed E-state index contributed by atoms with van der Waals surface area (Å²) in [6, 6.07) is 12.7. The Morgan fingerprint density at radius 2 is 1.77 bits per heavy atom. The zero-order chi connectivity index (χ0) is 21.7. The van der Waals surface area contributed by atoms with Crippen LogP contribution in [0.2, 0.25) is 0 Å². The first kappa shape index (κ1) is 22.3. The molecule has 0 atom stereocenters. The van der Waals surface area contributed by atoms with E-state index in [1.807, 2.05) is 24.3 Å². The van der Waals surface area contributed by atoms with E-state index >= 15 is 0 Å². The number of halogens is 1. The van der Waals surface area contributed by atoms with Gasteiger partial charge in [-0.05, 0) is 54.7 Å². The quantitative estimate of drug-likeness (QED) is 0.616. The number of rotatable bonds is 7. The number of carbonyl (C=O) groups is 1. The van der Waals surface area contributed by atoms with Crippen LogP contribution < -0.4 is 10.1 Å². The molecule has 0 spiro atoms. The topological polar surface area (TPSA) is 58.6 Å². The zero-order valence-electron chi connectivity index (χ0n) is 18.1. The number of ether oxygens (including phenoxy) is 1. The highest BCUT2D eigenvalue weighted by Gasteiger charge is 2.30. The number of aliphatic carboxylic acids is 1. The van der Waals surface area contributed by atoms with Crippen molar-refractivity contribution in [3.63, 3.8) is 0 Å². The molecule has 1 saturated carbocycles. The number of hydrogen-bond donors (Lipinski definition) is 2. The maximum Gasteiger partial charge on any atom is 0.317 e. The molecule has 0 radical (unpaired) electrons. The van der Waals surface area contributed by atoms with Crippen molar-refractivity contribution in [1.82, 2.24) is 5.32 Å². The molecule has 0 aliphatic heterocycles. The number of hydrogen-bond acceptors (Lipinski definition) is 3. The molecular formula is C25H32FNO3. The van der Waals surface area contributed by atoms with Crippen molar-refractivity contribution in [1.29, 1.82) is 0 Å². The van der Waals surface area contributed by atoms with Gasteiger partial charge in [-0.2, -0.15) is 0 Å². The number of carboxylic acid groups (broad SMARTS) is 1. The first-order valence-electron chi connectivity index (χ1n) is 10.7. The molecule has 0 saturated heterocycles. The molecule has 2 N–H and O–H groups in total. The molecule has 1 aliphatic rings. The number of carboxylic acids is 1. The summed E-state index contributed by atoms with van der Waals surface area (Å²) in [5, 5.41) is 11.4. The molecule has 5 heteroatoms. The summed E-state index contributed by atoms with van der Waals surface area (Å²) in [5.41, 5.74) is 2.08. The van der Waals surface area contributed by atoms with Gasteiger partial charge in [0.05, 0.1) is 12.6 Å². The Morgan fingerprint density at radius 3 is 2.37 bits per heavy atom. The van der Waals surface area contributed by atoms with Gasteiger partial charge in [0.25, 0.3) is 0 Å². The monoisotopic (exact) mass is 413 g/mol. The highest BCUT2D eigenvalue weighted by atomic mass is 19.1. The van der Waals surface area contributed by atoms with Gasteiger partial charge in [-0.3, -0.25) is 4.79 Å². The third-order valence-corrected chi connectivity index (χ3v) is 6.04. The molecule has 4 nitrogen and oxygen atoms in total. The smallest absolute Gasteiger partial charge is 0.317 e. The Kier molecular flexibility index (Phi) is 7.14. The van der Waals surface area contributed by atoms with Gasteiger partial charge in [-0.25, -0.2) is 4.39 Å². The highest BCUT2D eigenvalue weighted by molar-refractivity contribution is 5.69. The number of nitrogens with one attached hydrogen (secondary N) is 1. The van der Waals surface area contributed by atoms with Gasteiger partial charge in [0, 0.05) is 17.7 Å². The average Bonchev–Trinajstić information content (AvgIpc) is 2.69. The SMILES string of the molecule is CC(C)(C)C1CCC(Oc2ccc(-c3cccc(CNCC(=O)O)c3F)cc2)CC1. The minimum absolute atomic E-state index is 0.171. The lowest BCUT2D eigenvalue weighted by Crippen LogP contribution is -2.30. The van der Waals surface area contributed by atoms with Crippen molar-refractivity contribution in [2.75, 3.05) is 6.54 Å². The first-order chi connectivity index (χ1) is 14.2. The Hall–Kier alpha value is -2.40. The third kappa shape index (κ3) is 5.82. The fourth-order valence-electron chi connectivity index (χ4n) is 4.20. The fourth-order valence-corrected chi connectivity index (χ4v) is 4.20. The molecule has 30 heavy (non-hydrogen) atoms. The van der Waals surface area contributed by atoms with Crippen molar-refractivity contribution in [3.05, 3.63) is 53.8 Å². The molecule has 0 bridgehead atoms. The van der Waals surface area contributed by atoms with Crippen LogP contribution in [0.15, 0.2) is 42.5 Å². The maximum absolute atomic E-state index is 14.9. The minimum atomic E-state index is -0.964. The van der Waals surface area contributed by atoms with Crippen LogP contribution in [0, 0.1) is 17.2 Å². The van der Waals surface area contributed by atoms with Gasteiger partial charge in [0.15, 0.2) is 0 Å². The molecule has 162 valence electrons. The predicted molar refractivity (Wildman–Crippen MR) is 117 cm³/mol. The van der Waals surface area contributed by atoms with Crippen LogP contribution >= 0.6 is 0 Å². The second-order valence-electron chi connectivity index (χ2n) is 9.26.